The van der Waals surface area contributed by atoms with Crippen LogP contribution in [-0.4, -0.2) is 36.9 Å². The maximum atomic E-state index is 13.0. The van der Waals surface area contributed by atoms with E-state index < -0.39 is 23.8 Å². The van der Waals surface area contributed by atoms with Crippen molar-refractivity contribution in [1.29, 1.82) is 0 Å². The lowest BCUT2D eigenvalue weighted by Gasteiger charge is -2.25. The summed E-state index contributed by atoms with van der Waals surface area (Å²) in [6.07, 6.45) is -4.16. The van der Waals surface area contributed by atoms with E-state index in [-0.39, 0.29) is 18.9 Å². The number of ether oxygens (including phenoxy) is 1. The Hall–Kier alpha value is -4.34. The molecule has 36 heavy (non-hydrogen) atoms. The molecule has 7 nitrogen and oxygen atoms in total. The number of methoxy groups -OCH3 is 1. The number of fused-ring (bicyclic) bond motifs is 1. The summed E-state index contributed by atoms with van der Waals surface area (Å²) in [7, 11) is 1.51. The van der Waals surface area contributed by atoms with Crippen molar-refractivity contribution in [3.8, 4) is 16.9 Å². The second-order valence-electron chi connectivity index (χ2n) is 8.19. The standard InChI is InChI=1S/C26H22F3N3O4/c1-36-21-11-8-19-13-32(24(34)22(19)12-21)14-23(31-25(35)30-15-33)18-4-2-16(3-5-18)17-6-9-20(10-7-17)26(27,28)29/h2-12,15,23H,13-14H2,1H3,(H2,30,31,33,35)/t23-/m0/s1. The van der Waals surface area contributed by atoms with Gasteiger partial charge in [-0.15, -0.1) is 0 Å². The van der Waals surface area contributed by atoms with Crippen LogP contribution in [0.5, 0.6) is 5.75 Å². The molecule has 0 bridgehead atoms. The fourth-order valence-electron chi connectivity index (χ4n) is 4.08. The minimum absolute atomic E-state index is 0.127. The van der Waals surface area contributed by atoms with Crippen molar-refractivity contribution in [1.82, 2.24) is 15.5 Å². The molecular weight excluding hydrogens is 475 g/mol. The second-order valence-corrected chi connectivity index (χ2v) is 8.19. The van der Waals surface area contributed by atoms with Gasteiger partial charge in [0.1, 0.15) is 5.75 Å². The number of hydrogen-bond donors (Lipinski definition) is 2. The van der Waals surface area contributed by atoms with E-state index in [2.05, 4.69) is 5.32 Å². The molecule has 1 heterocycles. The summed E-state index contributed by atoms with van der Waals surface area (Å²) < 4.78 is 43.7. The van der Waals surface area contributed by atoms with Crippen LogP contribution in [0.25, 0.3) is 11.1 Å². The summed E-state index contributed by atoms with van der Waals surface area (Å²) in [5.41, 5.74) is 2.53. The van der Waals surface area contributed by atoms with E-state index in [0.29, 0.717) is 34.5 Å². The lowest BCUT2D eigenvalue weighted by Crippen LogP contribution is -2.42. The minimum Gasteiger partial charge on any atom is -0.497 e. The molecule has 3 aromatic rings. The highest BCUT2D eigenvalue weighted by molar-refractivity contribution is 5.98. The Kier molecular flexibility index (Phi) is 6.96. The number of benzene rings is 3. The van der Waals surface area contributed by atoms with E-state index in [1.54, 1.807) is 41.3 Å². The topological polar surface area (TPSA) is 87.7 Å². The third kappa shape index (κ3) is 5.32. The number of carbonyl (C=O) groups excluding carboxylic acids is 3. The van der Waals surface area contributed by atoms with Gasteiger partial charge in [0.25, 0.3) is 5.91 Å². The van der Waals surface area contributed by atoms with Crippen LogP contribution in [0.2, 0.25) is 0 Å². The van der Waals surface area contributed by atoms with E-state index in [0.717, 1.165) is 17.7 Å². The first kappa shape index (κ1) is 24.8. The van der Waals surface area contributed by atoms with E-state index in [1.165, 1.54) is 19.2 Å². The van der Waals surface area contributed by atoms with E-state index in [4.69, 9.17) is 4.74 Å². The molecule has 0 radical (unpaired) electrons. The Bertz CT molecular complexity index is 1280. The molecule has 0 unspecified atom stereocenters. The molecule has 10 heteroatoms. The van der Waals surface area contributed by atoms with E-state index in [1.807, 2.05) is 11.4 Å². The monoisotopic (exact) mass is 497 g/mol. The summed E-state index contributed by atoms with van der Waals surface area (Å²) in [6, 6.07) is 15.5. The Labute approximate surface area is 204 Å². The molecule has 186 valence electrons. The van der Waals surface area contributed by atoms with Gasteiger partial charge < -0.3 is 15.0 Å². The molecule has 4 amide bonds. The predicted molar refractivity (Wildman–Crippen MR) is 125 cm³/mol. The van der Waals surface area contributed by atoms with Crippen LogP contribution >= 0.6 is 0 Å². The molecular formula is C26H22F3N3O4. The third-order valence-electron chi connectivity index (χ3n) is 5.95. The molecule has 1 atom stereocenters. The van der Waals surface area contributed by atoms with Crippen molar-refractivity contribution >= 4 is 18.3 Å². The quantitative estimate of drug-likeness (QED) is 0.470. The number of amides is 4. The van der Waals surface area contributed by atoms with Crippen LogP contribution in [-0.2, 0) is 17.5 Å². The molecule has 1 aliphatic heterocycles. The largest absolute Gasteiger partial charge is 0.497 e. The van der Waals surface area contributed by atoms with Crippen molar-refractivity contribution in [2.45, 2.75) is 18.8 Å². The molecule has 3 aromatic carbocycles. The van der Waals surface area contributed by atoms with Gasteiger partial charge in [0.15, 0.2) is 0 Å². The summed E-state index contributed by atoms with van der Waals surface area (Å²) in [4.78, 5) is 37.4. The van der Waals surface area contributed by atoms with Crippen molar-refractivity contribution in [2.24, 2.45) is 0 Å². The number of carbonyl (C=O) groups is 3. The smallest absolute Gasteiger partial charge is 0.416 e. The van der Waals surface area contributed by atoms with Gasteiger partial charge >= 0.3 is 12.2 Å². The molecule has 0 saturated heterocycles. The van der Waals surface area contributed by atoms with Crippen molar-refractivity contribution in [2.75, 3.05) is 13.7 Å². The van der Waals surface area contributed by atoms with Gasteiger partial charge in [-0.3, -0.25) is 14.9 Å². The Morgan fingerprint density at radius 2 is 1.69 bits per heavy atom. The van der Waals surface area contributed by atoms with Gasteiger partial charge in [0.2, 0.25) is 6.41 Å². The number of nitrogens with zero attached hydrogens (tertiary/aromatic N) is 1. The zero-order chi connectivity index (χ0) is 25.9. The highest BCUT2D eigenvalue weighted by Crippen LogP contribution is 2.32. The van der Waals surface area contributed by atoms with Gasteiger partial charge in [-0.1, -0.05) is 42.5 Å². The van der Waals surface area contributed by atoms with Crippen LogP contribution in [0.15, 0.2) is 66.7 Å². The number of nitrogens with one attached hydrogen (secondary N) is 2. The van der Waals surface area contributed by atoms with E-state index >= 15 is 0 Å². The molecule has 0 aromatic heterocycles. The fraction of sp³-hybridized carbons (Fsp3) is 0.192. The normalized spacial score (nSPS) is 13.7. The zero-order valence-corrected chi connectivity index (χ0v) is 19.1. The van der Waals surface area contributed by atoms with Crippen molar-refractivity contribution < 1.29 is 32.3 Å². The van der Waals surface area contributed by atoms with Crippen LogP contribution in [0, 0.1) is 0 Å². The first-order chi connectivity index (χ1) is 17.2. The summed E-state index contributed by atoms with van der Waals surface area (Å²) in [6.45, 7) is 0.469. The molecule has 0 aliphatic carbocycles. The van der Waals surface area contributed by atoms with Crippen LogP contribution < -0.4 is 15.4 Å². The van der Waals surface area contributed by atoms with Crippen LogP contribution in [0.3, 0.4) is 0 Å². The first-order valence-corrected chi connectivity index (χ1v) is 10.9. The third-order valence-corrected chi connectivity index (χ3v) is 5.95. The lowest BCUT2D eigenvalue weighted by atomic mass is 9.99. The van der Waals surface area contributed by atoms with Crippen LogP contribution in [0.1, 0.15) is 33.1 Å². The highest BCUT2D eigenvalue weighted by Gasteiger charge is 2.31. The molecule has 4 rings (SSSR count). The Morgan fingerprint density at radius 3 is 2.28 bits per heavy atom. The van der Waals surface area contributed by atoms with E-state index in [9.17, 15) is 27.6 Å². The SMILES string of the molecule is COc1ccc2c(c1)C(=O)N(C[C@H](NC(=O)NC=O)c1ccc(-c3ccc(C(F)(F)F)cc3)cc1)C2. The number of rotatable bonds is 7. The summed E-state index contributed by atoms with van der Waals surface area (Å²) in [5, 5.41) is 4.72. The van der Waals surface area contributed by atoms with Crippen molar-refractivity contribution in [3.63, 3.8) is 0 Å². The number of hydrogen-bond acceptors (Lipinski definition) is 4. The van der Waals surface area contributed by atoms with Gasteiger partial charge in [-0.2, -0.15) is 13.2 Å². The Morgan fingerprint density at radius 1 is 1.06 bits per heavy atom. The summed E-state index contributed by atoms with van der Waals surface area (Å²) >= 11 is 0. The Balaban J connectivity index is 1.55. The maximum absolute atomic E-state index is 13.0. The average molecular weight is 497 g/mol. The highest BCUT2D eigenvalue weighted by atomic mass is 19.4. The molecule has 0 fully saturated rings. The number of imide groups is 1. The molecule has 2 N–H and O–H groups in total. The number of alkyl halides is 3. The fourth-order valence-corrected chi connectivity index (χ4v) is 4.08. The second kappa shape index (κ2) is 10.1. The molecule has 1 aliphatic rings. The summed E-state index contributed by atoms with van der Waals surface area (Å²) in [5.74, 6) is 0.343. The van der Waals surface area contributed by atoms with Crippen molar-refractivity contribution in [3.05, 3.63) is 89.0 Å². The average Bonchev–Trinajstić information content (AvgIpc) is 3.17. The molecule has 0 spiro atoms. The lowest BCUT2D eigenvalue weighted by molar-refractivity contribution is -0.137. The van der Waals surface area contributed by atoms with Crippen LogP contribution in [0.4, 0.5) is 18.0 Å². The molecule has 0 saturated carbocycles. The number of halogens is 3. The number of urea groups is 1. The minimum atomic E-state index is -4.42. The predicted octanol–water partition coefficient (Wildman–Crippen LogP) is 4.53. The maximum Gasteiger partial charge on any atom is 0.416 e. The zero-order valence-electron chi connectivity index (χ0n) is 19.1. The van der Waals surface area contributed by atoms with Gasteiger partial charge in [-0.05, 0) is 46.5 Å². The van der Waals surface area contributed by atoms with Gasteiger partial charge in [0, 0.05) is 18.7 Å². The van der Waals surface area contributed by atoms with Gasteiger partial charge in [0.05, 0.1) is 18.7 Å². The van der Waals surface area contributed by atoms with Gasteiger partial charge in [-0.25, -0.2) is 4.79 Å². The first-order valence-electron chi connectivity index (χ1n) is 10.9.